The van der Waals surface area contributed by atoms with Crippen LogP contribution >= 0.6 is 34.8 Å². The molecule has 2 amide bonds. The fraction of sp³-hybridized carbons (Fsp3) is 0.375. The Morgan fingerprint density at radius 2 is 1.61 bits per heavy atom. The molecule has 238 valence electrons. The minimum atomic E-state index is -3.71. The van der Waals surface area contributed by atoms with Crippen molar-refractivity contribution in [2.24, 2.45) is 0 Å². The number of anilines is 1. The number of carbonyl (C=O) groups excluding carboxylic acids is 2. The molecule has 0 aliphatic rings. The Bertz CT molecular complexity index is 1520. The van der Waals surface area contributed by atoms with Gasteiger partial charge in [-0.15, -0.1) is 0 Å². The molecule has 0 saturated carbocycles. The first kappa shape index (κ1) is 35.5. The fourth-order valence-corrected chi connectivity index (χ4v) is 6.39. The Morgan fingerprint density at radius 3 is 2.18 bits per heavy atom. The third-order valence-corrected chi connectivity index (χ3v) is 9.44. The smallest absolute Gasteiger partial charge is 0.243 e. The Morgan fingerprint density at radius 1 is 0.955 bits per heavy atom. The molecular weight excluding hydrogens is 645 g/mol. The van der Waals surface area contributed by atoms with Crippen molar-refractivity contribution in [3.05, 3.63) is 92.9 Å². The first-order valence-corrected chi connectivity index (χ1v) is 17.2. The zero-order chi connectivity index (χ0) is 32.4. The third kappa shape index (κ3) is 9.76. The Balaban J connectivity index is 1.94. The van der Waals surface area contributed by atoms with E-state index < -0.39 is 16.1 Å². The highest BCUT2D eigenvalue weighted by Crippen LogP contribution is 2.31. The molecule has 0 aliphatic heterocycles. The van der Waals surface area contributed by atoms with E-state index in [2.05, 4.69) is 5.32 Å². The minimum Gasteiger partial charge on any atom is -0.495 e. The molecule has 12 heteroatoms. The molecule has 0 radical (unpaired) electrons. The number of amides is 2. The summed E-state index contributed by atoms with van der Waals surface area (Å²) in [6, 6.07) is 18.2. The number of hydrogen-bond donors (Lipinski definition) is 1. The highest BCUT2D eigenvalue weighted by Gasteiger charge is 2.32. The second-order valence-corrected chi connectivity index (χ2v) is 13.6. The standard InChI is InChI=1S/C32H38Cl3N3O5S/c1-5-22(2)36-32(40)29(19-23-11-7-6-8-12-23)37(21-25-26(33)13-9-14-27(25)34)31(39)15-10-18-38(44(4,41)42)24-16-17-30(43-3)28(35)20-24/h6-9,11-14,16-17,20,22,29H,5,10,15,18-19,21H2,1-4H3,(H,36,40)/t22-,29+/m1/s1. The van der Waals surface area contributed by atoms with Crippen molar-refractivity contribution in [1.29, 1.82) is 0 Å². The van der Waals surface area contributed by atoms with Crippen LogP contribution in [-0.4, -0.2) is 57.1 Å². The topological polar surface area (TPSA) is 96.0 Å². The van der Waals surface area contributed by atoms with Crippen molar-refractivity contribution >= 4 is 62.3 Å². The minimum absolute atomic E-state index is 0.00730. The molecule has 0 heterocycles. The summed E-state index contributed by atoms with van der Waals surface area (Å²) in [7, 11) is -2.24. The molecule has 0 spiro atoms. The number of nitrogens with one attached hydrogen (secondary N) is 1. The zero-order valence-electron chi connectivity index (χ0n) is 25.2. The number of rotatable bonds is 15. The Hall–Kier alpha value is -2.98. The normalized spacial score (nSPS) is 12.7. The number of sulfonamides is 1. The Kier molecular flexibility index (Phi) is 13.2. The number of halogens is 3. The summed E-state index contributed by atoms with van der Waals surface area (Å²) in [6.07, 6.45) is 2.20. The summed E-state index contributed by atoms with van der Waals surface area (Å²) in [5, 5.41) is 4.02. The van der Waals surface area contributed by atoms with E-state index in [-0.39, 0.29) is 55.2 Å². The van der Waals surface area contributed by atoms with Gasteiger partial charge in [-0.05, 0) is 55.7 Å². The molecule has 0 fully saturated rings. The van der Waals surface area contributed by atoms with Gasteiger partial charge in [0.2, 0.25) is 21.8 Å². The molecule has 3 aromatic rings. The van der Waals surface area contributed by atoms with Crippen molar-refractivity contribution in [2.45, 2.75) is 58.2 Å². The molecule has 3 aromatic carbocycles. The maximum absolute atomic E-state index is 14.0. The highest BCUT2D eigenvalue weighted by atomic mass is 35.5. The number of benzene rings is 3. The molecule has 8 nitrogen and oxygen atoms in total. The van der Waals surface area contributed by atoms with Gasteiger partial charge >= 0.3 is 0 Å². The molecular formula is C32H38Cl3N3O5S. The molecule has 44 heavy (non-hydrogen) atoms. The number of methoxy groups -OCH3 is 1. The molecule has 1 N–H and O–H groups in total. The fourth-order valence-electron chi connectivity index (χ4n) is 4.66. The largest absolute Gasteiger partial charge is 0.495 e. The predicted octanol–water partition coefficient (Wildman–Crippen LogP) is 6.76. The maximum atomic E-state index is 14.0. The van der Waals surface area contributed by atoms with Gasteiger partial charge in [-0.1, -0.05) is 78.1 Å². The second kappa shape index (κ2) is 16.4. The molecule has 0 unspecified atom stereocenters. The van der Waals surface area contributed by atoms with E-state index in [0.717, 1.165) is 11.8 Å². The van der Waals surface area contributed by atoms with Gasteiger partial charge in [-0.25, -0.2) is 8.42 Å². The average Bonchev–Trinajstić information content (AvgIpc) is 2.98. The number of carbonyl (C=O) groups is 2. The van der Waals surface area contributed by atoms with Crippen LogP contribution in [-0.2, 0) is 32.6 Å². The van der Waals surface area contributed by atoms with Crippen molar-refractivity contribution in [2.75, 3.05) is 24.2 Å². The van der Waals surface area contributed by atoms with Crippen LogP contribution in [0, 0.1) is 0 Å². The maximum Gasteiger partial charge on any atom is 0.243 e. The molecule has 3 rings (SSSR count). The number of hydrogen-bond acceptors (Lipinski definition) is 5. The predicted molar refractivity (Wildman–Crippen MR) is 178 cm³/mol. The van der Waals surface area contributed by atoms with Crippen LogP contribution in [0.2, 0.25) is 15.1 Å². The van der Waals surface area contributed by atoms with E-state index >= 15 is 0 Å². The van der Waals surface area contributed by atoms with Crippen LogP contribution in [0.1, 0.15) is 44.2 Å². The lowest BCUT2D eigenvalue weighted by molar-refractivity contribution is -0.141. The Labute approximate surface area is 275 Å². The van der Waals surface area contributed by atoms with E-state index in [1.165, 1.54) is 22.4 Å². The van der Waals surface area contributed by atoms with Crippen LogP contribution in [0.3, 0.4) is 0 Å². The summed E-state index contributed by atoms with van der Waals surface area (Å²) in [5.41, 5.74) is 1.74. The van der Waals surface area contributed by atoms with E-state index in [1.807, 2.05) is 44.2 Å². The monoisotopic (exact) mass is 681 g/mol. The van der Waals surface area contributed by atoms with Gasteiger partial charge < -0.3 is 15.0 Å². The van der Waals surface area contributed by atoms with E-state index in [1.54, 1.807) is 30.3 Å². The summed E-state index contributed by atoms with van der Waals surface area (Å²) < 4.78 is 31.8. The van der Waals surface area contributed by atoms with Crippen LogP contribution in [0.4, 0.5) is 5.69 Å². The quantitative estimate of drug-likeness (QED) is 0.191. The van der Waals surface area contributed by atoms with Crippen LogP contribution in [0.25, 0.3) is 0 Å². The van der Waals surface area contributed by atoms with E-state index in [4.69, 9.17) is 39.5 Å². The van der Waals surface area contributed by atoms with Gasteiger partial charge in [0.05, 0.1) is 24.1 Å². The van der Waals surface area contributed by atoms with Crippen LogP contribution in [0.5, 0.6) is 5.75 Å². The summed E-state index contributed by atoms with van der Waals surface area (Å²) in [6.45, 7) is 3.87. The first-order chi connectivity index (χ1) is 20.8. The lowest BCUT2D eigenvalue weighted by atomic mass is 10.0. The second-order valence-electron chi connectivity index (χ2n) is 10.5. The summed E-state index contributed by atoms with van der Waals surface area (Å²) in [5.74, 6) is -0.235. The number of nitrogens with zero attached hydrogens (tertiary/aromatic N) is 2. The van der Waals surface area contributed by atoms with Gasteiger partial charge in [0.25, 0.3) is 0 Å². The molecule has 0 aliphatic carbocycles. The van der Waals surface area contributed by atoms with Gasteiger partial charge in [0, 0.05) is 47.6 Å². The third-order valence-electron chi connectivity index (χ3n) is 7.24. The van der Waals surface area contributed by atoms with Gasteiger partial charge in [-0.2, -0.15) is 0 Å². The van der Waals surface area contributed by atoms with Crippen molar-refractivity contribution in [3.63, 3.8) is 0 Å². The van der Waals surface area contributed by atoms with Crippen LogP contribution < -0.4 is 14.4 Å². The summed E-state index contributed by atoms with van der Waals surface area (Å²) >= 11 is 19.3. The van der Waals surface area contributed by atoms with Crippen molar-refractivity contribution in [1.82, 2.24) is 10.2 Å². The van der Waals surface area contributed by atoms with Gasteiger partial charge in [0.15, 0.2) is 0 Å². The average molecular weight is 683 g/mol. The van der Waals surface area contributed by atoms with Gasteiger partial charge in [-0.3, -0.25) is 13.9 Å². The van der Waals surface area contributed by atoms with Crippen molar-refractivity contribution in [3.8, 4) is 5.75 Å². The lowest BCUT2D eigenvalue weighted by Gasteiger charge is -2.33. The zero-order valence-corrected chi connectivity index (χ0v) is 28.3. The highest BCUT2D eigenvalue weighted by molar-refractivity contribution is 7.92. The first-order valence-electron chi connectivity index (χ1n) is 14.2. The van der Waals surface area contributed by atoms with Crippen molar-refractivity contribution < 1.29 is 22.7 Å². The van der Waals surface area contributed by atoms with Gasteiger partial charge in [0.1, 0.15) is 11.8 Å². The summed E-state index contributed by atoms with van der Waals surface area (Å²) in [4.78, 5) is 29.2. The molecule has 0 bridgehead atoms. The number of ether oxygens (including phenoxy) is 1. The SMILES string of the molecule is CC[C@@H](C)NC(=O)[C@H](Cc1ccccc1)N(Cc1c(Cl)cccc1Cl)C(=O)CCCN(c1ccc(OC)c(Cl)c1)S(C)(=O)=O. The lowest BCUT2D eigenvalue weighted by Crippen LogP contribution is -2.52. The molecule has 0 aromatic heterocycles. The van der Waals surface area contributed by atoms with Crippen LogP contribution in [0.15, 0.2) is 66.7 Å². The molecule has 0 saturated heterocycles. The molecule has 2 atom stereocenters. The van der Waals surface area contributed by atoms with E-state index in [0.29, 0.717) is 33.5 Å². The van der Waals surface area contributed by atoms with E-state index in [9.17, 15) is 18.0 Å².